The maximum atomic E-state index is 11.3. The number of nitrogens with two attached hydrogens (primary N) is 1. The predicted octanol–water partition coefficient (Wildman–Crippen LogP) is 4.65. The number of carboxylic acid groups (broad SMARTS) is 1. The molecule has 5 heteroatoms. The van der Waals surface area contributed by atoms with Gasteiger partial charge in [0.15, 0.2) is 5.76 Å². The molecule has 2 heterocycles. The second-order valence-corrected chi connectivity index (χ2v) is 5.98. The van der Waals surface area contributed by atoms with E-state index in [1.807, 2.05) is 49.4 Å². The van der Waals surface area contributed by atoms with Gasteiger partial charge in [-0.25, -0.2) is 9.78 Å². The topological polar surface area (TPSA) is 89.3 Å². The Morgan fingerprint density at radius 3 is 2.33 bits per heavy atom. The molecule has 0 saturated heterocycles. The Labute approximate surface area is 157 Å². The molecule has 4 aromatic rings. The van der Waals surface area contributed by atoms with Crippen LogP contribution in [-0.2, 0) is 6.54 Å². The van der Waals surface area contributed by atoms with Gasteiger partial charge >= 0.3 is 5.97 Å². The fourth-order valence-electron chi connectivity index (χ4n) is 2.66. The van der Waals surface area contributed by atoms with Crippen molar-refractivity contribution in [3.05, 3.63) is 89.7 Å². The maximum absolute atomic E-state index is 11.3. The van der Waals surface area contributed by atoms with E-state index in [1.165, 1.54) is 5.56 Å². The highest BCUT2D eigenvalue weighted by molar-refractivity contribution is 6.03. The molecular formula is C22H20N2O3. The number of carbonyl (C=O) groups is 1. The summed E-state index contributed by atoms with van der Waals surface area (Å²) in [6, 6.07) is 22.3. The molecule has 5 nitrogen and oxygen atoms in total. The lowest BCUT2D eigenvalue weighted by Crippen LogP contribution is -1.99. The highest BCUT2D eigenvalue weighted by Gasteiger charge is 2.14. The summed E-state index contributed by atoms with van der Waals surface area (Å²) in [7, 11) is 0. The highest BCUT2D eigenvalue weighted by Crippen LogP contribution is 2.26. The molecule has 0 aliphatic carbocycles. The van der Waals surface area contributed by atoms with E-state index in [2.05, 4.69) is 4.98 Å². The standard InChI is InChI=1S/C15H11NO3.C7H9N/c1-9-6-7-14(19-9)13-8-11(15(17)18)10-4-2-3-5-12(10)16-13;8-6-7-4-2-1-3-5-7/h2-8H,1H3,(H,17,18);1-5H,6,8H2. The molecule has 0 amide bonds. The number of pyridine rings is 1. The highest BCUT2D eigenvalue weighted by atomic mass is 16.4. The lowest BCUT2D eigenvalue weighted by molar-refractivity contribution is 0.0699. The molecule has 0 atom stereocenters. The third kappa shape index (κ3) is 4.40. The van der Waals surface area contributed by atoms with Gasteiger partial charge in [-0.1, -0.05) is 48.5 Å². The quantitative estimate of drug-likeness (QED) is 0.555. The van der Waals surface area contributed by atoms with Crippen LogP contribution in [0, 0.1) is 6.92 Å². The van der Waals surface area contributed by atoms with Gasteiger partial charge in [-0.3, -0.25) is 0 Å². The molecule has 4 rings (SSSR count). The monoisotopic (exact) mass is 360 g/mol. The number of para-hydroxylation sites is 1. The zero-order valence-corrected chi connectivity index (χ0v) is 14.9. The van der Waals surface area contributed by atoms with Crippen LogP contribution in [0.1, 0.15) is 21.7 Å². The van der Waals surface area contributed by atoms with Crippen molar-refractivity contribution < 1.29 is 14.3 Å². The van der Waals surface area contributed by atoms with Crippen LogP contribution in [0.4, 0.5) is 0 Å². The maximum Gasteiger partial charge on any atom is 0.336 e. The second kappa shape index (κ2) is 8.29. The van der Waals surface area contributed by atoms with Gasteiger partial charge in [-0.05, 0) is 36.8 Å². The molecule has 0 unspecified atom stereocenters. The van der Waals surface area contributed by atoms with Crippen molar-refractivity contribution in [2.24, 2.45) is 5.73 Å². The number of hydrogen-bond acceptors (Lipinski definition) is 4. The molecule has 2 aromatic heterocycles. The average Bonchev–Trinajstić information content (AvgIpc) is 3.14. The number of carboxylic acids is 1. The molecule has 0 aliphatic rings. The Hall–Kier alpha value is -3.44. The number of aromatic carboxylic acids is 1. The summed E-state index contributed by atoms with van der Waals surface area (Å²) in [5.74, 6) is 0.371. The number of aryl methyl sites for hydroxylation is 1. The molecule has 0 saturated carbocycles. The summed E-state index contributed by atoms with van der Waals surface area (Å²) >= 11 is 0. The van der Waals surface area contributed by atoms with Crippen molar-refractivity contribution in [2.45, 2.75) is 13.5 Å². The summed E-state index contributed by atoms with van der Waals surface area (Å²) in [5.41, 5.74) is 7.95. The van der Waals surface area contributed by atoms with Crippen molar-refractivity contribution in [3.63, 3.8) is 0 Å². The number of furan rings is 1. The van der Waals surface area contributed by atoms with Crippen molar-refractivity contribution in [3.8, 4) is 11.5 Å². The van der Waals surface area contributed by atoms with E-state index in [0.29, 0.717) is 28.9 Å². The average molecular weight is 360 g/mol. The Morgan fingerprint density at radius 1 is 1.04 bits per heavy atom. The number of aromatic nitrogens is 1. The third-order valence-electron chi connectivity index (χ3n) is 4.02. The lowest BCUT2D eigenvalue weighted by atomic mass is 10.1. The Kier molecular flexibility index (Phi) is 5.64. The van der Waals surface area contributed by atoms with Crippen LogP contribution in [0.2, 0.25) is 0 Å². The van der Waals surface area contributed by atoms with Gasteiger partial charge in [0.2, 0.25) is 0 Å². The largest absolute Gasteiger partial charge is 0.478 e. The van der Waals surface area contributed by atoms with Gasteiger partial charge in [0.25, 0.3) is 0 Å². The predicted molar refractivity (Wildman–Crippen MR) is 105 cm³/mol. The van der Waals surface area contributed by atoms with E-state index in [9.17, 15) is 9.90 Å². The number of hydrogen-bond donors (Lipinski definition) is 2. The fraction of sp³-hybridized carbons (Fsp3) is 0.0909. The Bertz CT molecular complexity index is 1060. The molecule has 0 fully saturated rings. The van der Waals surface area contributed by atoms with E-state index in [-0.39, 0.29) is 5.56 Å². The molecule has 0 spiro atoms. The minimum atomic E-state index is -0.969. The molecule has 136 valence electrons. The van der Waals surface area contributed by atoms with Gasteiger partial charge in [-0.2, -0.15) is 0 Å². The first-order valence-electron chi connectivity index (χ1n) is 8.52. The minimum Gasteiger partial charge on any atom is -0.478 e. The number of benzene rings is 2. The summed E-state index contributed by atoms with van der Waals surface area (Å²) in [5, 5.41) is 9.93. The van der Waals surface area contributed by atoms with E-state index >= 15 is 0 Å². The molecule has 0 bridgehead atoms. The summed E-state index contributed by atoms with van der Waals surface area (Å²) in [6.07, 6.45) is 0. The van der Waals surface area contributed by atoms with Crippen molar-refractivity contribution in [2.75, 3.05) is 0 Å². The van der Waals surface area contributed by atoms with E-state index < -0.39 is 5.97 Å². The summed E-state index contributed by atoms with van der Waals surface area (Å²) in [4.78, 5) is 15.8. The first kappa shape index (κ1) is 18.4. The molecule has 3 N–H and O–H groups in total. The molecule has 0 radical (unpaired) electrons. The van der Waals surface area contributed by atoms with E-state index in [0.717, 1.165) is 5.76 Å². The Balaban J connectivity index is 0.000000221. The second-order valence-electron chi connectivity index (χ2n) is 5.98. The smallest absolute Gasteiger partial charge is 0.336 e. The van der Waals surface area contributed by atoms with Crippen LogP contribution >= 0.6 is 0 Å². The number of rotatable bonds is 3. The van der Waals surface area contributed by atoms with Crippen LogP contribution in [0.3, 0.4) is 0 Å². The first-order chi connectivity index (χ1) is 13.1. The summed E-state index contributed by atoms with van der Waals surface area (Å²) < 4.78 is 5.50. The molecule has 27 heavy (non-hydrogen) atoms. The molecule has 0 aliphatic heterocycles. The van der Waals surface area contributed by atoms with Gasteiger partial charge < -0.3 is 15.3 Å². The van der Waals surface area contributed by atoms with Crippen molar-refractivity contribution >= 4 is 16.9 Å². The fourth-order valence-corrected chi connectivity index (χ4v) is 2.66. The first-order valence-corrected chi connectivity index (χ1v) is 8.52. The van der Waals surface area contributed by atoms with Crippen LogP contribution in [0.5, 0.6) is 0 Å². The van der Waals surface area contributed by atoms with Crippen molar-refractivity contribution in [1.82, 2.24) is 4.98 Å². The van der Waals surface area contributed by atoms with Crippen LogP contribution in [-0.4, -0.2) is 16.1 Å². The minimum absolute atomic E-state index is 0.231. The van der Waals surface area contributed by atoms with Crippen molar-refractivity contribution in [1.29, 1.82) is 0 Å². The molecule has 2 aromatic carbocycles. The van der Waals surface area contributed by atoms with Crippen LogP contribution < -0.4 is 5.73 Å². The van der Waals surface area contributed by atoms with E-state index in [4.69, 9.17) is 10.2 Å². The summed E-state index contributed by atoms with van der Waals surface area (Å²) in [6.45, 7) is 2.48. The van der Waals surface area contributed by atoms with Gasteiger partial charge in [-0.15, -0.1) is 0 Å². The SMILES string of the molecule is Cc1ccc(-c2cc(C(=O)O)c3ccccc3n2)o1.NCc1ccccc1. The number of fused-ring (bicyclic) bond motifs is 1. The molecular weight excluding hydrogens is 340 g/mol. The Morgan fingerprint density at radius 2 is 1.74 bits per heavy atom. The van der Waals surface area contributed by atoms with Crippen LogP contribution in [0.15, 0.2) is 77.2 Å². The van der Waals surface area contributed by atoms with Gasteiger partial charge in [0, 0.05) is 11.9 Å². The number of nitrogens with zero attached hydrogens (tertiary/aromatic N) is 1. The van der Waals surface area contributed by atoms with Gasteiger partial charge in [0.05, 0.1) is 11.1 Å². The third-order valence-corrected chi connectivity index (χ3v) is 4.02. The lowest BCUT2D eigenvalue weighted by Gasteiger charge is -2.04. The zero-order chi connectivity index (χ0) is 19.2. The van der Waals surface area contributed by atoms with Gasteiger partial charge in [0.1, 0.15) is 11.5 Å². The van der Waals surface area contributed by atoms with E-state index in [1.54, 1.807) is 30.3 Å². The van der Waals surface area contributed by atoms with Crippen LogP contribution in [0.25, 0.3) is 22.4 Å². The zero-order valence-electron chi connectivity index (χ0n) is 14.9. The normalized spacial score (nSPS) is 10.3.